The van der Waals surface area contributed by atoms with Crippen LogP contribution in [0.2, 0.25) is 0 Å². The number of hydrogen-bond donors (Lipinski definition) is 4. The van der Waals surface area contributed by atoms with Gasteiger partial charge in [0.2, 0.25) is 5.91 Å². The molecule has 1 aromatic heterocycles. The third-order valence-electron chi connectivity index (χ3n) is 7.71. The Balaban J connectivity index is 0.00000267. The number of aliphatic hydroxyl groups excluding tert-OH is 2. The topological polar surface area (TPSA) is 186 Å². The minimum atomic E-state index is -0.849. The third kappa shape index (κ3) is 6.68. The molecule has 0 spiro atoms. The lowest BCUT2D eigenvalue weighted by Gasteiger charge is -2.31. The first-order valence-electron chi connectivity index (χ1n) is 13.0. The minimum absolute atomic E-state index is 0. The van der Waals surface area contributed by atoms with Crippen molar-refractivity contribution in [1.82, 2.24) is 4.90 Å². The molecule has 212 valence electrons. The summed E-state index contributed by atoms with van der Waals surface area (Å²) in [6, 6.07) is 7.13. The van der Waals surface area contributed by atoms with Gasteiger partial charge in [-0.15, -0.1) is 0 Å². The Morgan fingerprint density at radius 1 is 1.13 bits per heavy atom. The van der Waals surface area contributed by atoms with E-state index in [-0.39, 0.29) is 45.2 Å². The molecule has 7 N–H and O–H groups in total. The predicted molar refractivity (Wildman–Crippen MR) is 144 cm³/mol. The summed E-state index contributed by atoms with van der Waals surface area (Å²) in [6.45, 7) is 2.17. The Labute approximate surface area is 224 Å². The number of phenols is 1. The van der Waals surface area contributed by atoms with E-state index in [1.807, 2.05) is 12.1 Å². The van der Waals surface area contributed by atoms with Gasteiger partial charge in [0.1, 0.15) is 23.1 Å². The summed E-state index contributed by atoms with van der Waals surface area (Å²) < 4.78 is 6.16. The predicted octanol–water partition coefficient (Wildman–Crippen LogP) is 2.10. The molecule has 1 saturated heterocycles. The van der Waals surface area contributed by atoms with Gasteiger partial charge in [0.25, 0.3) is 0 Å². The van der Waals surface area contributed by atoms with E-state index in [9.17, 15) is 29.7 Å². The van der Waals surface area contributed by atoms with Crippen molar-refractivity contribution in [2.45, 2.75) is 51.5 Å². The van der Waals surface area contributed by atoms with Gasteiger partial charge in [-0.05, 0) is 86.9 Å². The fraction of sp³-hybridized carbons (Fsp3) is 0.536. The van der Waals surface area contributed by atoms with E-state index in [2.05, 4.69) is 4.90 Å². The number of Topliss-reactive ketones (excluding diaryl/α,β-unsaturated/α-hetero) is 2. The molecule has 1 aromatic carbocycles. The van der Waals surface area contributed by atoms with Crippen molar-refractivity contribution in [2.75, 3.05) is 26.3 Å². The number of benzene rings is 1. The number of ketones is 2. The zero-order valence-corrected chi connectivity index (χ0v) is 21.5. The van der Waals surface area contributed by atoms with Crippen LogP contribution in [0.1, 0.15) is 63.1 Å². The fourth-order valence-corrected chi connectivity index (χ4v) is 5.94. The molecular weight excluding hydrogens is 492 g/mol. The summed E-state index contributed by atoms with van der Waals surface area (Å²) in [4.78, 5) is 39.3. The van der Waals surface area contributed by atoms with Crippen LogP contribution in [0.4, 0.5) is 0 Å². The van der Waals surface area contributed by atoms with Gasteiger partial charge < -0.3 is 30.9 Å². The molecule has 1 amide bonds. The Morgan fingerprint density at radius 3 is 2.53 bits per heavy atom. The SMILES string of the molecule is NC(=O)CC(=O)C(CO)C(CCO)CC1CC(=O)c2c(O)ccc(-c3ccc(CN4CCCC4)o3)c2C1.O.[HH].[HH]. The second-order valence-electron chi connectivity index (χ2n) is 10.3. The number of amides is 1. The molecule has 0 radical (unpaired) electrons. The summed E-state index contributed by atoms with van der Waals surface area (Å²) >= 11 is 0. The van der Waals surface area contributed by atoms with E-state index in [0.29, 0.717) is 29.7 Å². The molecule has 0 saturated carbocycles. The molecule has 2 aromatic rings. The van der Waals surface area contributed by atoms with Crippen LogP contribution in [-0.2, 0) is 22.6 Å². The number of aliphatic hydroxyl groups is 2. The number of primary amides is 1. The van der Waals surface area contributed by atoms with Gasteiger partial charge in [-0.1, -0.05) is 0 Å². The second kappa shape index (κ2) is 13.1. The number of hydrogen-bond acceptors (Lipinski definition) is 8. The van der Waals surface area contributed by atoms with Gasteiger partial charge in [-0.25, -0.2) is 0 Å². The van der Waals surface area contributed by atoms with Gasteiger partial charge in [-0.2, -0.15) is 0 Å². The quantitative estimate of drug-likeness (QED) is 0.298. The Kier molecular flexibility index (Phi) is 10.2. The number of nitrogens with two attached hydrogens (primary N) is 1. The molecule has 1 aliphatic carbocycles. The number of likely N-dealkylation sites (tertiary alicyclic amines) is 1. The van der Waals surface area contributed by atoms with E-state index < -0.39 is 36.6 Å². The van der Waals surface area contributed by atoms with Gasteiger partial charge in [0.05, 0.1) is 25.1 Å². The van der Waals surface area contributed by atoms with Crippen molar-refractivity contribution >= 4 is 17.5 Å². The van der Waals surface area contributed by atoms with Crippen molar-refractivity contribution < 1.29 is 42.4 Å². The summed E-state index contributed by atoms with van der Waals surface area (Å²) in [7, 11) is 0. The van der Waals surface area contributed by atoms with Gasteiger partial charge in [-0.3, -0.25) is 19.3 Å². The Bertz CT molecular complexity index is 1150. The highest BCUT2D eigenvalue weighted by Gasteiger charge is 2.35. The molecule has 2 heterocycles. The smallest absolute Gasteiger partial charge is 0.224 e. The van der Waals surface area contributed by atoms with Crippen LogP contribution in [0.25, 0.3) is 11.3 Å². The highest BCUT2D eigenvalue weighted by molar-refractivity contribution is 6.03. The van der Waals surface area contributed by atoms with Crippen LogP contribution < -0.4 is 5.73 Å². The second-order valence-corrected chi connectivity index (χ2v) is 10.3. The lowest BCUT2D eigenvalue weighted by Crippen LogP contribution is -2.33. The average molecular weight is 535 g/mol. The third-order valence-corrected chi connectivity index (χ3v) is 7.71. The van der Waals surface area contributed by atoms with Crippen molar-refractivity contribution in [3.8, 4) is 17.1 Å². The fourth-order valence-electron chi connectivity index (χ4n) is 5.94. The average Bonchev–Trinajstić information content (AvgIpc) is 3.52. The van der Waals surface area contributed by atoms with Crippen LogP contribution in [0, 0.1) is 17.8 Å². The molecule has 2 aliphatic rings. The van der Waals surface area contributed by atoms with Crippen LogP contribution in [-0.4, -0.2) is 69.5 Å². The van der Waals surface area contributed by atoms with Crippen LogP contribution in [0.3, 0.4) is 0 Å². The monoisotopic (exact) mass is 534 g/mol. The standard InChI is InChI=1S/C28H36N2O7.H2O.2H2/c29-27(36)14-24(34)22(16-32)18(7-10-31)11-17-12-21-20(4-5-23(33)28(21)25(35)13-17)26-6-3-19(37-26)15-30-8-1-2-9-30;;;/h3-6,17-18,22,31-33H,1-2,7-16H2,(H2,29,36);1H2;2*1H. The normalized spacial score (nSPS) is 19.0. The van der Waals surface area contributed by atoms with Crippen molar-refractivity contribution in [2.24, 2.45) is 23.5 Å². The highest BCUT2D eigenvalue weighted by Crippen LogP contribution is 2.41. The minimum Gasteiger partial charge on any atom is -0.507 e. The van der Waals surface area contributed by atoms with E-state index in [1.165, 1.54) is 18.9 Å². The molecule has 10 heteroatoms. The van der Waals surface area contributed by atoms with Gasteiger partial charge >= 0.3 is 0 Å². The number of aromatic hydroxyl groups is 1. The molecule has 0 bridgehead atoms. The van der Waals surface area contributed by atoms with Crippen LogP contribution in [0.5, 0.6) is 5.75 Å². The number of nitrogens with zero attached hydrogens (tertiary/aromatic N) is 1. The van der Waals surface area contributed by atoms with Crippen molar-refractivity contribution in [3.05, 3.63) is 41.2 Å². The zero-order valence-electron chi connectivity index (χ0n) is 21.5. The number of furan rings is 1. The molecule has 10 nitrogen and oxygen atoms in total. The van der Waals surface area contributed by atoms with Gasteiger partial charge in [0, 0.05) is 27.4 Å². The molecule has 38 heavy (non-hydrogen) atoms. The Hall–Kier alpha value is -3.05. The number of phenolic OH excluding ortho intramolecular Hbond substituents is 1. The summed E-state index contributed by atoms with van der Waals surface area (Å²) in [6.07, 6.45) is 3.18. The van der Waals surface area contributed by atoms with E-state index in [1.54, 1.807) is 6.07 Å². The zero-order chi connectivity index (χ0) is 26.5. The molecule has 3 unspecified atom stereocenters. The maximum absolute atomic E-state index is 13.2. The number of carbonyl (C=O) groups is 3. The van der Waals surface area contributed by atoms with E-state index in [0.717, 1.165) is 31.0 Å². The molecular formula is C28H42N2O8. The maximum atomic E-state index is 13.2. The summed E-state index contributed by atoms with van der Waals surface area (Å²) in [5.41, 5.74) is 6.93. The van der Waals surface area contributed by atoms with Crippen LogP contribution in [0.15, 0.2) is 28.7 Å². The first-order chi connectivity index (χ1) is 17.8. The number of fused-ring (bicyclic) bond motifs is 1. The lowest BCUT2D eigenvalue weighted by atomic mass is 9.73. The highest BCUT2D eigenvalue weighted by atomic mass is 16.3. The summed E-state index contributed by atoms with van der Waals surface area (Å²) in [5, 5.41) is 30.0. The Morgan fingerprint density at radius 2 is 1.87 bits per heavy atom. The first kappa shape index (κ1) is 29.5. The van der Waals surface area contributed by atoms with Crippen molar-refractivity contribution in [1.29, 1.82) is 0 Å². The lowest BCUT2D eigenvalue weighted by molar-refractivity contribution is -0.131. The number of rotatable bonds is 12. The van der Waals surface area contributed by atoms with Gasteiger partial charge in [0.15, 0.2) is 5.78 Å². The maximum Gasteiger partial charge on any atom is 0.224 e. The largest absolute Gasteiger partial charge is 0.507 e. The molecule has 1 aliphatic heterocycles. The molecule has 1 fully saturated rings. The van der Waals surface area contributed by atoms with E-state index in [4.69, 9.17) is 10.2 Å². The molecule has 3 atom stereocenters. The van der Waals surface area contributed by atoms with E-state index >= 15 is 0 Å². The summed E-state index contributed by atoms with van der Waals surface area (Å²) in [5.74, 6) is -1.45. The van der Waals surface area contributed by atoms with Crippen molar-refractivity contribution in [3.63, 3.8) is 0 Å². The van der Waals surface area contributed by atoms with Crippen LogP contribution >= 0.6 is 0 Å². The number of carbonyl (C=O) groups excluding carboxylic acids is 3. The molecule has 4 rings (SSSR count). The first-order valence-corrected chi connectivity index (χ1v) is 13.0.